The maximum Gasteiger partial charge on any atom is 0.328 e. The summed E-state index contributed by atoms with van der Waals surface area (Å²) in [6.45, 7) is 1.84. The molecule has 0 radical (unpaired) electrons. The van der Waals surface area contributed by atoms with Crippen molar-refractivity contribution in [2.75, 3.05) is 11.2 Å². The summed E-state index contributed by atoms with van der Waals surface area (Å²) >= 11 is 0. The molecule has 0 atom stereocenters. The number of aryl methyl sites for hydroxylation is 1. The van der Waals surface area contributed by atoms with Gasteiger partial charge < -0.3 is 9.73 Å². The summed E-state index contributed by atoms with van der Waals surface area (Å²) in [5.74, 6) is -1.04. The lowest BCUT2D eigenvalue weighted by atomic mass is 10.1. The van der Waals surface area contributed by atoms with Gasteiger partial charge in [0.25, 0.3) is 5.56 Å². The van der Waals surface area contributed by atoms with Crippen LogP contribution in [0.15, 0.2) is 67.4 Å². The number of hydrogen-bond donors (Lipinski definition) is 3. The first kappa shape index (κ1) is 19.6. The third-order valence-electron chi connectivity index (χ3n) is 4.53. The van der Waals surface area contributed by atoms with Crippen LogP contribution in [0.1, 0.15) is 5.56 Å². The lowest BCUT2D eigenvalue weighted by molar-refractivity contribution is 0.592. The fraction of sp³-hybridized carbons (Fsp3) is 0.100. The number of aromatic nitrogens is 2. The molecule has 0 fully saturated rings. The second-order valence-electron chi connectivity index (χ2n) is 6.67. The van der Waals surface area contributed by atoms with Crippen molar-refractivity contribution in [3.8, 4) is 11.1 Å². The van der Waals surface area contributed by atoms with E-state index in [2.05, 4.69) is 15.3 Å². The van der Waals surface area contributed by atoms with E-state index in [1.807, 2.05) is 6.92 Å². The molecule has 0 saturated heterocycles. The SMILES string of the molecule is Cc1ccc(S(=O)(=O)CNc2oc3[nH]c(=O)[nH]c(=O)c3c2-c2ccc(F)cc2)cc1. The number of aromatic amines is 2. The number of sulfone groups is 1. The standard InChI is InChI=1S/C20H16FN3O5S/c1-11-2-8-14(9-3-11)30(27,28)10-22-18-15(12-4-6-13(21)7-5-12)16-17(25)23-20(26)24-19(16)29-18/h2-9,22H,10H2,1H3,(H2,23,24,25,26). The molecule has 0 aliphatic heterocycles. The molecular formula is C20H16FN3O5S. The summed E-state index contributed by atoms with van der Waals surface area (Å²) in [6.07, 6.45) is 0. The normalized spacial score (nSPS) is 11.7. The second kappa shape index (κ2) is 7.30. The minimum absolute atomic E-state index is 0.0106. The topological polar surface area (TPSA) is 125 Å². The Morgan fingerprint density at radius 2 is 1.67 bits per heavy atom. The summed E-state index contributed by atoms with van der Waals surface area (Å²) in [4.78, 5) is 28.6. The maximum atomic E-state index is 13.4. The van der Waals surface area contributed by atoms with E-state index in [9.17, 15) is 22.4 Å². The molecule has 3 N–H and O–H groups in total. The van der Waals surface area contributed by atoms with Crippen molar-refractivity contribution in [3.05, 3.63) is 80.7 Å². The Morgan fingerprint density at radius 3 is 2.33 bits per heavy atom. The molecule has 0 bridgehead atoms. The van der Waals surface area contributed by atoms with Crippen molar-refractivity contribution < 1.29 is 17.2 Å². The van der Waals surface area contributed by atoms with Crippen LogP contribution >= 0.6 is 0 Å². The van der Waals surface area contributed by atoms with E-state index in [1.165, 1.54) is 36.4 Å². The van der Waals surface area contributed by atoms with Crippen LogP contribution in [-0.2, 0) is 9.84 Å². The Kier molecular flexibility index (Phi) is 4.78. The predicted molar refractivity (Wildman–Crippen MR) is 110 cm³/mol. The molecule has 0 unspecified atom stereocenters. The molecule has 0 amide bonds. The predicted octanol–water partition coefficient (Wildman–Crippen LogP) is 2.77. The summed E-state index contributed by atoms with van der Waals surface area (Å²) in [5, 5.41) is 2.70. The molecule has 2 aromatic carbocycles. The molecule has 4 aromatic rings. The first-order valence-electron chi connectivity index (χ1n) is 8.83. The molecule has 0 aliphatic rings. The van der Waals surface area contributed by atoms with Crippen molar-refractivity contribution >= 4 is 26.8 Å². The van der Waals surface area contributed by atoms with Crippen LogP contribution in [0.5, 0.6) is 0 Å². The number of H-pyrrole nitrogens is 2. The number of halogens is 1. The number of fused-ring (bicyclic) bond motifs is 1. The van der Waals surface area contributed by atoms with Crippen LogP contribution < -0.4 is 16.6 Å². The van der Waals surface area contributed by atoms with E-state index in [1.54, 1.807) is 12.1 Å². The number of benzene rings is 2. The van der Waals surface area contributed by atoms with Crippen LogP contribution in [0.2, 0.25) is 0 Å². The van der Waals surface area contributed by atoms with Gasteiger partial charge in [-0.2, -0.15) is 0 Å². The van der Waals surface area contributed by atoms with E-state index in [0.29, 0.717) is 5.56 Å². The average molecular weight is 429 g/mol. The zero-order chi connectivity index (χ0) is 21.5. The van der Waals surface area contributed by atoms with Crippen LogP contribution in [0, 0.1) is 12.7 Å². The Bertz CT molecular complexity index is 1450. The Labute approximate surface area is 169 Å². The molecule has 2 heterocycles. The van der Waals surface area contributed by atoms with Crippen LogP contribution in [0.25, 0.3) is 22.2 Å². The number of rotatable bonds is 5. The molecule has 30 heavy (non-hydrogen) atoms. The zero-order valence-electron chi connectivity index (χ0n) is 15.7. The van der Waals surface area contributed by atoms with Gasteiger partial charge in [-0.15, -0.1) is 0 Å². The third kappa shape index (κ3) is 3.64. The highest BCUT2D eigenvalue weighted by atomic mass is 32.2. The van der Waals surface area contributed by atoms with Gasteiger partial charge >= 0.3 is 5.69 Å². The average Bonchev–Trinajstić information content (AvgIpc) is 3.06. The van der Waals surface area contributed by atoms with E-state index in [-0.39, 0.29) is 27.4 Å². The molecular weight excluding hydrogens is 413 g/mol. The second-order valence-corrected chi connectivity index (χ2v) is 8.66. The van der Waals surface area contributed by atoms with Gasteiger partial charge in [0.05, 0.1) is 10.5 Å². The number of furan rings is 1. The van der Waals surface area contributed by atoms with Gasteiger partial charge in [-0.25, -0.2) is 17.6 Å². The third-order valence-corrected chi connectivity index (χ3v) is 6.04. The van der Waals surface area contributed by atoms with Crippen molar-refractivity contribution in [1.29, 1.82) is 0 Å². The van der Waals surface area contributed by atoms with Crippen LogP contribution in [0.3, 0.4) is 0 Å². The van der Waals surface area contributed by atoms with E-state index in [0.717, 1.165) is 5.56 Å². The molecule has 4 rings (SSSR count). The van der Waals surface area contributed by atoms with Gasteiger partial charge in [0.15, 0.2) is 9.84 Å². The minimum atomic E-state index is -3.73. The highest BCUT2D eigenvalue weighted by Crippen LogP contribution is 2.36. The molecule has 0 aliphatic carbocycles. The molecule has 2 aromatic heterocycles. The highest BCUT2D eigenvalue weighted by molar-refractivity contribution is 7.91. The Hall–Kier alpha value is -3.66. The summed E-state index contributed by atoms with van der Waals surface area (Å²) in [5.41, 5.74) is -0.0826. The first-order chi connectivity index (χ1) is 14.2. The molecule has 0 saturated carbocycles. The van der Waals surface area contributed by atoms with Gasteiger partial charge in [-0.3, -0.25) is 14.8 Å². The zero-order valence-corrected chi connectivity index (χ0v) is 16.5. The molecule has 0 spiro atoms. The maximum absolute atomic E-state index is 13.4. The highest BCUT2D eigenvalue weighted by Gasteiger charge is 2.22. The van der Waals surface area contributed by atoms with Crippen LogP contribution in [-0.4, -0.2) is 24.3 Å². The minimum Gasteiger partial charge on any atom is -0.423 e. The van der Waals surface area contributed by atoms with Crippen molar-refractivity contribution in [2.45, 2.75) is 11.8 Å². The van der Waals surface area contributed by atoms with E-state index in [4.69, 9.17) is 4.42 Å². The lowest BCUT2D eigenvalue weighted by Gasteiger charge is -2.08. The number of nitrogens with one attached hydrogen (secondary N) is 3. The Balaban J connectivity index is 1.80. The van der Waals surface area contributed by atoms with E-state index < -0.39 is 32.8 Å². The van der Waals surface area contributed by atoms with Crippen LogP contribution in [0.4, 0.5) is 10.3 Å². The fourth-order valence-corrected chi connectivity index (χ4v) is 4.08. The van der Waals surface area contributed by atoms with Gasteiger partial charge in [0, 0.05) is 0 Å². The molecule has 10 heteroatoms. The van der Waals surface area contributed by atoms with Gasteiger partial charge in [0.1, 0.15) is 17.1 Å². The molecule has 154 valence electrons. The van der Waals surface area contributed by atoms with E-state index >= 15 is 0 Å². The quantitative estimate of drug-likeness (QED) is 0.448. The summed E-state index contributed by atoms with van der Waals surface area (Å²) in [6, 6.07) is 11.6. The van der Waals surface area contributed by atoms with Crippen molar-refractivity contribution in [2.24, 2.45) is 0 Å². The monoisotopic (exact) mass is 429 g/mol. The smallest absolute Gasteiger partial charge is 0.328 e. The van der Waals surface area contributed by atoms with Gasteiger partial charge in [0.2, 0.25) is 11.6 Å². The van der Waals surface area contributed by atoms with Gasteiger partial charge in [-0.1, -0.05) is 29.8 Å². The summed E-state index contributed by atoms with van der Waals surface area (Å²) < 4.78 is 44.2. The van der Waals surface area contributed by atoms with Crippen molar-refractivity contribution in [1.82, 2.24) is 9.97 Å². The fourth-order valence-electron chi connectivity index (χ4n) is 3.04. The first-order valence-corrected chi connectivity index (χ1v) is 10.5. The van der Waals surface area contributed by atoms with Gasteiger partial charge in [-0.05, 0) is 36.8 Å². The largest absolute Gasteiger partial charge is 0.423 e. The lowest BCUT2D eigenvalue weighted by Crippen LogP contribution is -2.21. The Morgan fingerprint density at radius 1 is 1.00 bits per heavy atom. The number of hydrogen-bond acceptors (Lipinski definition) is 6. The van der Waals surface area contributed by atoms with Crippen molar-refractivity contribution in [3.63, 3.8) is 0 Å². The summed E-state index contributed by atoms with van der Waals surface area (Å²) in [7, 11) is -3.73. The molecule has 8 nitrogen and oxygen atoms in total. The number of anilines is 1.